The third-order valence-electron chi connectivity index (χ3n) is 18.6. The van der Waals surface area contributed by atoms with Crippen molar-refractivity contribution in [3.8, 4) is 11.1 Å². The lowest BCUT2D eigenvalue weighted by atomic mass is 9.33. The van der Waals surface area contributed by atoms with Crippen molar-refractivity contribution in [2.45, 2.75) is 161 Å². The molecule has 0 saturated heterocycles. The molecule has 3 heterocycles. The molecule has 71 heavy (non-hydrogen) atoms. The zero-order valence-electron chi connectivity index (χ0n) is 44.9. The number of aryl methyl sites for hydroxylation is 1. The predicted octanol–water partition coefficient (Wildman–Crippen LogP) is 16.4. The van der Waals surface area contributed by atoms with E-state index >= 15 is 0 Å². The minimum absolute atomic E-state index is 0.0140. The molecule has 0 spiro atoms. The summed E-state index contributed by atoms with van der Waals surface area (Å²) in [6.45, 7) is 31.4. The summed E-state index contributed by atoms with van der Waals surface area (Å²) in [5.74, 6) is 0. The molecule has 0 bridgehead atoms. The molecule has 4 heteroatoms. The van der Waals surface area contributed by atoms with Gasteiger partial charge < -0.3 is 14.7 Å². The van der Waals surface area contributed by atoms with Crippen molar-refractivity contribution in [2.24, 2.45) is 0 Å². The molecule has 0 N–H and O–H groups in total. The fraction of sp³-hybridized carbons (Fsp3) is 0.373. The van der Waals surface area contributed by atoms with Crippen LogP contribution in [0.25, 0.3) is 11.1 Å². The van der Waals surface area contributed by atoms with E-state index in [1.165, 1.54) is 138 Å². The summed E-state index contributed by atoms with van der Waals surface area (Å²) in [5.41, 5.74) is 25.4. The third-order valence-corrected chi connectivity index (χ3v) is 18.6. The van der Waals surface area contributed by atoms with Gasteiger partial charge in [-0.25, -0.2) is 0 Å². The predicted molar refractivity (Wildman–Crippen MR) is 306 cm³/mol. The third kappa shape index (κ3) is 6.82. The van der Waals surface area contributed by atoms with Crippen molar-refractivity contribution < 1.29 is 0 Å². The molecule has 12 rings (SSSR count). The van der Waals surface area contributed by atoms with Gasteiger partial charge in [-0.3, -0.25) is 0 Å². The summed E-state index contributed by atoms with van der Waals surface area (Å²) in [5, 5.41) is 0. The fourth-order valence-corrected chi connectivity index (χ4v) is 14.1. The highest BCUT2D eigenvalue weighted by atomic mass is 15.3. The molecule has 2 atom stereocenters. The van der Waals surface area contributed by atoms with Crippen molar-refractivity contribution >= 4 is 68.6 Å². The average molecular weight is 932 g/mol. The Labute approximate surface area is 426 Å². The van der Waals surface area contributed by atoms with Gasteiger partial charge in [-0.1, -0.05) is 168 Å². The highest BCUT2D eigenvalue weighted by molar-refractivity contribution is 7.00. The zero-order valence-corrected chi connectivity index (χ0v) is 44.9. The standard InChI is InChI=1S/C67H74BN3/c1-43-37-59-61-60(38-43)70(55-32-27-46(63(5,6)7)39-49(55)44-21-15-14-16-22-44)58-42-52-51(64(8,9)35-36-65(52,10)11)41-54(58)68(61)53-31-30-48(40-57(53)69(59)47-28-25-45(26-29-47)62(2,3)4)71-56-24-18-17-23-50(56)66(12)33-19-20-34-67(66,71)13/h14-18,21-32,37-42H,19-20,33-36H2,1-13H3. The molecule has 1 saturated carbocycles. The van der Waals surface area contributed by atoms with E-state index in [0.717, 1.165) is 6.42 Å². The van der Waals surface area contributed by atoms with Crippen molar-refractivity contribution in [3.05, 3.63) is 173 Å². The van der Waals surface area contributed by atoms with Crippen LogP contribution in [0.2, 0.25) is 0 Å². The van der Waals surface area contributed by atoms with Crippen LogP contribution in [0.3, 0.4) is 0 Å². The molecular formula is C67H74BN3. The molecule has 3 aliphatic heterocycles. The Balaban J connectivity index is 1.18. The first-order valence-corrected chi connectivity index (χ1v) is 26.9. The Bertz CT molecular complexity index is 3290. The minimum Gasteiger partial charge on any atom is -0.334 e. The van der Waals surface area contributed by atoms with Crippen LogP contribution in [-0.2, 0) is 27.1 Å². The number of fused-ring (bicyclic) bond motifs is 8. The molecule has 0 radical (unpaired) electrons. The van der Waals surface area contributed by atoms with Gasteiger partial charge in [-0.2, -0.15) is 0 Å². The maximum Gasteiger partial charge on any atom is 0.252 e. The van der Waals surface area contributed by atoms with E-state index in [1.807, 2.05) is 0 Å². The van der Waals surface area contributed by atoms with Crippen LogP contribution < -0.4 is 31.1 Å². The molecular weight excluding hydrogens is 858 g/mol. The Morgan fingerprint density at radius 3 is 1.73 bits per heavy atom. The summed E-state index contributed by atoms with van der Waals surface area (Å²) in [4.78, 5) is 8.10. The van der Waals surface area contributed by atoms with Crippen molar-refractivity contribution in [2.75, 3.05) is 14.7 Å². The molecule has 2 aliphatic carbocycles. The van der Waals surface area contributed by atoms with E-state index < -0.39 is 0 Å². The number of nitrogens with zero attached hydrogens (tertiary/aromatic N) is 3. The van der Waals surface area contributed by atoms with Crippen LogP contribution in [0.1, 0.15) is 155 Å². The van der Waals surface area contributed by atoms with E-state index in [2.05, 4.69) is 244 Å². The first-order chi connectivity index (χ1) is 33.6. The van der Waals surface area contributed by atoms with Gasteiger partial charge in [0.25, 0.3) is 6.71 Å². The van der Waals surface area contributed by atoms with Gasteiger partial charge in [0, 0.05) is 50.8 Å². The second-order valence-corrected chi connectivity index (χ2v) is 26.1. The topological polar surface area (TPSA) is 9.72 Å². The second-order valence-electron chi connectivity index (χ2n) is 26.1. The number of benzene rings is 7. The fourth-order valence-electron chi connectivity index (χ4n) is 14.1. The lowest BCUT2D eigenvalue weighted by Gasteiger charge is -2.51. The lowest BCUT2D eigenvalue weighted by molar-refractivity contribution is 0.195. The van der Waals surface area contributed by atoms with E-state index in [1.54, 1.807) is 0 Å². The molecule has 5 aliphatic rings. The first kappa shape index (κ1) is 46.1. The van der Waals surface area contributed by atoms with Gasteiger partial charge in [-0.05, 0) is 177 Å². The molecule has 0 aromatic heterocycles. The smallest absolute Gasteiger partial charge is 0.252 e. The van der Waals surface area contributed by atoms with Gasteiger partial charge in [0.05, 0.1) is 11.2 Å². The van der Waals surface area contributed by atoms with E-state index in [4.69, 9.17) is 0 Å². The number of hydrogen-bond acceptors (Lipinski definition) is 3. The molecule has 1 fully saturated rings. The van der Waals surface area contributed by atoms with Crippen LogP contribution in [0.5, 0.6) is 0 Å². The Morgan fingerprint density at radius 1 is 0.451 bits per heavy atom. The van der Waals surface area contributed by atoms with Crippen LogP contribution in [0.4, 0.5) is 45.5 Å². The van der Waals surface area contributed by atoms with Crippen molar-refractivity contribution in [1.29, 1.82) is 0 Å². The number of hydrogen-bond donors (Lipinski definition) is 0. The number of para-hydroxylation sites is 1. The molecule has 7 aromatic rings. The maximum absolute atomic E-state index is 2.77. The average Bonchev–Trinajstić information content (AvgIpc) is 3.55. The molecule has 3 nitrogen and oxygen atoms in total. The quantitative estimate of drug-likeness (QED) is 0.163. The first-order valence-electron chi connectivity index (χ1n) is 26.9. The van der Waals surface area contributed by atoms with Gasteiger partial charge in [0.1, 0.15) is 0 Å². The van der Waals surface area contributed by atoms with Crippen LogP contribution in [0.15, 0.2) is 140 Å². The SMILES string of the molecule is Cc1cc2c3c(c1)N(c1ccc(C(C)(C)C)cc1-c1ccccc1)c1cc4c(cc1B3c1ccc(N3c5ccccc5C5(C)CCCCC35C)cc1N2c1ccc(C(C)(C)C)cc1)C(C)(C)CCC4(C)C. The molecule has 7 aromatic carbocycles. The highest BCUT2D eigenvalue weighted by Gasteiger charge is 2.58. The highest BCUT2D eigenvalue weighted by Crippen LogP contribution is 2.61. The summed E-state index contributed by atoms with van der Waals surface area (Å²) in [6.07, 6.45) is 7.24. The van der Waals surface area contributed by atoms with E-state index in [-0.39, 0.29) is 39.3 Å². The summed E-state index contributed by atoms with van der Waals surface area (Å²) in [7, 11) is 0. The second kappa shape index (κ2) is 15.5. The van der Waals surface area contributed by atoms with Gasteiger partial charge in [0.15, 0.2) is 0 Å². The molecule has 0 amide bonds. The summed E-state index contributed by atoms with van der Waals surface area (Å²) >= 11 is 0. The van der Waals surface area contributed by atoms with Gasteiger partial charge in [0.2, 0.25) is 0 Å². The molecule has 360 valence electrons. The molecule has 2 unspecified atom stereocenters. The van der Waals surface area contributed by atoms with Crippen molar-refractivity contribution in [1.82, 2.24) is 0 Å². The normalized spacial score (nSPS) is 21.5. The largest absolute Gasteiger partial charge is 0.334 e. The zero-order chi connectivity index (χ0) is 49.8. The lowest BCUT2D eigenvalue weighted by Crippen LogP contribution is -2.62. The van der Waals surface area contributed by atoms with Crippen molar-refractivity contribution in [3.63, 3.8) is 0 Å². The van der Waals surface area contributed by atoms with E-state index in [0.29, 0.717) is 0 Å². The monoisotopic (exact) mass is 932 g/mol. The van der Waals surface area contributed by atoms with Gasteiger partial charge >= 0.3 is 0 Å². The maximum atomic E-state index is 2.77. The minimum atomic E-state index is -0.0485. The Kier molecular flexibility index (Phi) is 10.1. The van der Waals surface area contributed by atoms with Crippen LogP contribution >= 0.6 is 0 Å². The summed E-state index contributed by atoms with van der Waals surface area (Å²) in [6, 6.07) is 55.3. The Hall–Kier alpha value is -6.00. The Morgan fingerprint density at radius 2 is 1.04 bits per heavy atom. The van der Waals surface area contributed by atoms with Crippen LogP contribution in [0, 0.1) is 6.92 Å². The van der Waals surface area contributed by atoms with Gasteiger partial charge in [-0.15, -0.1) is 0 Å². The summed E-state index contributed by atoms with van der Waals surface area (Å²) < 4.78 is 0. The number of rotatable bonds is 4. The van der Waals surface area contributed by atoms with E-state index in [9.17, 15) is 0 Å². The van der Waals surface area contributed by atoms with Crippen LogP contribution in [-0.4, -0.2) is 12.3 Å². The number of anilines is 8.